The number of hydrogen-bond acceptors (Lipinski definition) is 3. The number of halogens is 2. The maximum atomic E-state index is 13.9. The second kappa shape index (κ2) is 5.63. The molecule has 0 saturated carbocycles. The molecule has 1 fully saturated rings. The molecule has 0 bridgehead atoms. The Morgan fingerprint density at radius 2 is 2.06 bits per heavy atom. The molecule has 1 saturated heterocycles. The SMILES string of the molecule is COC1CCCN(c2c(F)cc(CN)cc2F)C1. The van der Waals surface area contributed by atoms with Crippen molar-refractivity contribution in [2.75, 3.05) is 25.1 Å². The minimum absolute atomic E-state index is 0.0340. The van der Waals surface area contributed by atoms with E-state index < -0.39 is 11.6 Å². The van der Waals surface area contributed by atoms with Gasteiger partial charge in [0.25, 0.3) is 0 Å². The molecule has 18 heavy (non-hydrogen) atoms. The number of methoxy groups -OCH3 is 1. The molecule has 2 N–H and O–H groups in total. The van der Waals surface area contributed by atoms with Crippen molar-refractivity contribution in [3.8, 4) is 0 Å². The van der Waals surface area contributed by atoms with E-state index in [1.54, 1.807) is 12.0 Å². The van der Waals surface area contributed by atoms with Crippen LogP contribution in [-0.4, -0.2) is 26.3 Å². The van der Waals surface area contributed by atoms with Crippen LogP contribution in [0.1, 0.15) is 18.4 Å². The van der Waals surface area contributed by atoms with Crippen molar-refractivity contribution in [3.63, 3.8) is 0 Å². The molecule has 0 aliphatic carbocycles. The van der Waals surface area contributed by atoms with Crippen molar-refractivity contribution in [1.82, 2.24) is 0 Å². The molecule has 3 nitrogen and oxygen atoms in total. The standard InChI is InChI=1S/C13H18F2N2O/c1-18-10-3-2-4-17(8-10)13-11(14)5-9(7-16)6-12(13)15/h5-6,10H,2-4,7-8,16H2,1H3. The van der Waals surface area contributed by atoms with Crippen LogP contribution in [0.4, 0.5) is 14.5 Å². The number of benzene rings is 1. The Bertz CT molecular complexity index is 402. The lowest BCUT2D eigenvalue weighted by molar-refractivity contribution is 0.0890. The summed E-state index contributed by atoms with van der Waals surface area (Å²) in [6.07, 6.45) is 1.83. The zero-order chi connectivity index (χ0) is 13.1. The average molecular weight is 256 g/mol. The van der Waals surface area contributed by atoms with Crippen molar-refractivity contribution < 1.29 is 13.5 Å². The van der Waals surface area contributed by atoms with Gasteiger partial charge in [0.1, 0.15) is 17.3 Å². The molecule has 1 atom stereocenters. The summed E-state index contributed by atoms with van der Waals surface area (Å²) >= 11 is 0. The number of hydrogen-bond donors (Lipinski definition) is 1. The number of piperidine rings is 1. The van der Waals surface area contributed by atoms with Gasteiger partial charge in [-0.3, -0.25) is 0 Å². The quantitative estimate of drug-likeness (QED) is 0.899. The first-order chi connectivity index (χ1) is 8.65. The fourth-order valence-corrected chi connectivity index (χ4v) is 2.37. The maximum absolute atomic E-state index is 13.9. The summed E-state index contributed by atoms with van der Waals surface area (Å²) in [6.45, 7) is 1.30. The summed E-state index contributed by atoms with van der Waals surface area (Å²) in [6, 6.07) is 2.60. The molecule has 0 radical (unpaired) electrons. The molecular weight excluding hydrogens is 238 g/mol. The van der Waals surface area contributed by atoms with Gasteiger partial charge in [-0.05, 0) is 30.5 Å². The normalized spacial score (nSPS) is 20.2. The molecule has 1 aliphatic heterocycles. The van der Waals surface area contributed by atoms with Crippen LogP contribution in [0, 0.1) is 11.6 Å². The predicted molar refractivity (Wildman–Crippen MR) is 66.5 cm³/mol. The lowest BCUT2D eigenvalue weighted by atomic mass is 10.1. The van der Waals surface area contributed by atoms with Crippen molar-refractivity contribution in [2.24, 2.45) is 5.73 Å². The van der Waals surface area contributed by atoms with Gasteiger partial charge in [0.2, 0.25) is 0 Å². The fourth-order valence-electron chi connectivity index (χ4n) is 2.37. The minimum Gasteiger partial charge on any atom is -0.380 e. The van der Waals surface area contributed by atoms with Crippen LogP contribution in [0.15, 0.2) is 12.1 Å². The minimum atomic E-state index is -0.549. The number of nitrogens with zero attached hydrogens (tertiary/aromatic N) is 1. The highest BCUT2D eigenvalue weighted by molar-refractivity contribution is 5.51. The average Bonchev–Trinajstić information content (AvgIpc) is 2.38. The molecule has 100 valence electrons. The third-order valence-corrected chi connectivity index (χ3v) is 3.34. The Kier molecular flexibility index (Phi) is 4.14. The first kappa shape index (κ1) is 13.2. The predicted octanol–water partition coefficient (Wildman–Crippen LogP) is 2.04. The van der Waals surface area contributed by atoms with E-state index >= 15 is 0 Å². The van der Waals surface area contributed by atoms with Crippen LogP contribution in [-0.2, 0) is 11.3 Å². The Morgan fingerprint density at radius 3 is 2.61 bits per heavy atom. The van der Waals surface area contributed by atoms with E-state index in [0.717, 1.165) is 12.8 Å². The molecule has 0 spiro atoms. The van der Waals surface area contributed by atoms with Gasteiger partial charge >= 0.3 is 0 Å². The summed E-state index contributed by atoms with van der Waals surface area (Å²) in [4.78, 5) is 1.71. The molecule has 1 unspecified atom stereocenters. The summed E-state index contributed by atoms with van der Waals surface area (Å²) < 4.78 is 33.1. The molecule has 0 amide bonds. The van der Waals surface area contributed by atoms with E-state index in [2.05, 4.69) is 0 Å². The smallest absolute Gasteiger partial charge is 0.149 e. The number of nitrogens with two attached hydrogens (primary N) is 1. The van der Waals surface area contributed by atoms with Gasteiger partial charge in [0.05, 0.1) is 6.10 Å². The lowest BCUT2D eigenvalue weighted by Gasteiger charge is -2.34. The zero-order valence-corrected chi connectivity index (χ0v) is 10.5. The van der Waals surface area contributed by atoms with Crippen LogP contribution in [0.3, 0.4) is 0 Å². The fraction of sp³-hybridized carbons (Fsp3) is 0.538. The van der Waals surface area contributed by atoms with Gasteiger partial charge in [0, 0.05) is 26.7 Å². The molecule has 0 aromatic heterocycles. The third-order valence-electron chi connectivity index (χ3n) is 3.34. The number of anilines is 1. The van der Waals surface area contributed by atoms with Gasteiger partial charge in [-0.1, -0.05) is 0 Å². The van der Waals surface area contributed by atoms with Crippen molar-refractivity contribution in [3.05, 3.63) is 29.3 Å². The van der Waals surface area contributed by atoms with Gasteiger partial charge in [-0.2, -0.15) is 0 Å². The molecular formula is C13H18F2N2O. The van der Waals surface area contributed by atoms with Crippen LogP contribution < -0.4 is 10.6 Å². The summed E-state index contributed by atoms with van der Waals surface area (Å²) in [7, 11) is 1.62. The molecule has 1 aromatic carbocycles. The number of rotatable bonds is 3. The summed E-state index contributed by atoms with van der Waals surface area (Å²) in [5.41, 5.74) is 5.90. The second-order valence-electron chi connectivity index (χ2n) is 4.56. The number of ether oxygens (including phenoxy) is 1. The van der Waals surface area contributed by atoms with E-state index in [1.807, 2.05) is 0 Å². The first-order valence-electron chi connectivity index (χ1n) is 6.11. The van der Waals surface area contributed by atoms with E-state index in [4.69, 9.17) is 10.5 Å². The zero-order valence-electron chi connectivity index (χ0n) is 10.5. The Morgan fingerprint density at radius 1 is 1.39 bits per heavy atom. The van der Waals surface area contributed by atoms with Gasteiger partial charge in [-0.15, -0.1) is 0 Å². The van der Waals surface area contributed by atoms with Crippen LogP contribution >= 0.6 is 0 Å². The van der Waals surface area contributed by atoms with Crippen molar-refractivity contribution in [1.29, 1.82) is 0 Å². The molecule has 1 aliphatic rings. The Labute approximate surface area is 106 Å². The monoisotopic (exact) mass is 256 g/mol. The highest BCUT2D eigenvalue weighted by Crippen LogP contribution is 2.28. The lowest BCUT2D eigenvalue weighted by Crippen LogP contribution is -2.40. The van der Waals surface area contributed by atoms with Crippen LogP contribution in [0.2, 0.25) is 0 Å². The van der Waals surface area contributed by atoms with Crippen molar-refractivity contribution >= 4 is 5.69 Å². The van der Waals surface area contributed by atoms with E-state index in [9.17, 15) is 8.78 Å². The van der Waals surface area contributed by atoms with Crippen LogP contribution in [0.25, 0.3) is 0 Å². The Hall–Kier alpha value is -1.20. The van der Waals surface area contributed by atoms with Gasteiger partial charge < -0.3 is 15.4 Å². The van der Waals surface area contributed by atoms with Crippen molar-refractivity contribution in [2.45, 2.75) is 25.5 Å². The van der Waals surface area contributed by atoms with E-state index in [-0.39, 0.29) is 18.3 Å². The highest BCUT2D eigenvalue weighted by Gasteiger charge is 2.24. The summed E-state index contributed by atoms with van der Waals surface area (Å²) in [5.74, 6) is -1.10. The maximum Gasteiger partial charge on any atom is 0.149 e. The van der Waals surface area contributed by atoms with Gasteiger partial charge in [0.15, 0.2) is 0 Å². The topological polar surface area (TPSA) is 38.5 Å². The molecule has 1 heterocycles. The van der Waals surface area contributed by atoms with E-state index in [1.165, 1.54) is 12.1 Å². The molecule has 1 aromatic rings. The van der Waals surface area contributed by atoms with Crippen LogP contribution in [0.5, 0.6) is 0 Å². The van der Waals surface area contributed by atoms with E-state index in [0.29, 0.717) is 18.7 Å². The highest BCUT2D eigenvalue weighted by atomic mass is 19.1. The third kappa shape index (κ3) is 2.62. The Balaban J connectivity index is 2.27. The second-order valence-corrected chi connectivity index (χ2v) is 4.56. The first-order valence-corrected chi connectivity index (χ1v) is 6.11. The summed E-state index contributed by atoms with van der Waals surface area (Å²) in [5, 5.41) is 0. The van der Waals surface area contributed by atoms with Gasteiger partial charge in [-0.25, -0.2) is 8.78 Å². The molecule has 2 rings (SSSR count). The largest absolute Gasteiger partial charge is 0.380 e. The molecule has 5 heteroatoms.